The van der Waals surface area contributed by atoms with E-state index in [0.29, 0.717) is 18.0 Å². The first-order valence-electron chi connectivity index (χ1n) is 8.08. The van der Waals surface area contributed by atoms with Crippen molar-refractivity contribution >= 4 is 6.09 Å². The van der Waals surface area contributed by atoms with Crippen LogP contribution in [0.15, 0.2) is 0 Å². The minimum Gasteiger partial charge on any atom is -0.444 e. The minimum atomic E-state index is -0.419. The summed E-state index contributed by atoms with van der Waals surface area (Å²) >= 11 is 0. The zero-order chi connectivity index (χ0) is 14.8. The number of hydrogen-bond acceptors (Lipinski definition) is 3. The molecule has 2 aliphatic rings. The van der Waals surface area contributed by atoms with Gasteiger partial charge in [-0.2, -0.15) is 0 Å². The summed E-state index contributed by atoms with van der Waals surface area (Å²) in [4.78, 5) is 11.7. The van der Waals surface area contributed by atoms with Gasteiger partial charge >= 0.3 is 6.09 Å². The van der Waals surface area contributed by atoms with Crippen LogP contribution in [0.3, 0.4) is 0 Å². The van der Waals surface area contributed by atoms with Crippen molar-refractivity contribution < 1.29 is 9.53 Å². The monoisotopic (exact) mass is 282 g/mol. The van der Waals surface area contributed by atoms with E-state index in [1.807, 2.05) is 20.8 Å². The fourth-order valence-corrected chi connectivity index (χ4v) is 3.10. The topological polar surface area (TPSA) is 50.4 Å². The third-order valence-corrected chi connectivity index (χ3v) is 4.37. The van der Waals surface area contributed by atoms with E-state index in [4.69, 9.17) is 4.74 Å². The molecule has 0 aromatic rings. The second-order valence-electron chi connectivity index (χ2n) is 7.47. The summed E-state index contributed by atoms with van der Waals surface area (Å²) in [5.41, 5.74) is -0.419. The first-order valence-corrected chi connectivity index (χ1v) is 8.08. The number of nitrogens with one attached hydrogen (secondary N) is 2. The molecule has 4 heteroatoms. The maximum absolute atomic E-state index is 11.7. The Morgan fingerprint density at radius 2 is 1.95 bits per heavy atom. The van der Waals surface area contributed by atoms with Crippen molar-refractivity contribution in [1.29, 1.82) is 0 Å². The van der Waals surface area contributed by atoms with Gasteiger partial charge in [0.2, 0.25) is 0 Å². The molecule has 116 valence electrons. The number of amides is 1. The SMILES string of the molecule is CC(NC1CCCC1CNC(=O)OC(C)(C)C)C1CC1. The van der Waals surface area contributed by atoms with E-state index in [1.165, 1.54) is 32.1 Å². The minimum absolute atomic E-state index is 0.293. The van der Waals surface area contributed by atoms with Crippen LogP contribution in [0.25, 0.3) is 0 Å². The van der Waals surface area contributed by atoms with Crippen LogP contribution < -0.4 is 10.6 Å². The lowest BCUT2D eigenvalue weighted by atomic mass is 10.0. The summed E-state index contributed by atoms with van der Waals surface area (Å²) in [5, 5.41) is 6.70. The molecule has 2 N–H and O–H groups in total. The Balaban J connectivity index is 1.72. The molecule has 2 fully saturated rings. The highest BCUT2D eigenvalue weighted by Crippen LogP contribution is 2.34. The molecule has 0 aromatic carbocycles. The molecule has 0 aromatic heterocycles. The van der Waals surface area contributed by atoms with Gasteiger partial charge in [0.05, 0.1) is 0 Å². The fourth-order valence-electron chi connectivity index (χ4n) is 3.10. The van der Waals surface area contributed by atoms with Crippen molar-refractivity contribution in [2.24, 2.45) is 11.8 Å². The van der Waals surface area contributed by atoms with Gasteiger partial charge in [0.15, 0.2) is 0 Å². The summed E-state index contributed by atoms with van der Waals surface area (Å²) in [5.74, 6) is 1.43. The third kappa shape index (κ3) is 4.97. The van der Waals surface area contributed by atoms with E-state index in [0.717, 1.165) is 12.5 Å². The van der Waals surface area contributed by atoms with Gasteiger partial charge in [0, 0.05) is 18.6 Å². The Bertz CT molecular complexity index is 334. The van der Waals surface area contributed by atoms with E-state index in [9.17, 15) is 4.79 Å². The smallest absolute Gasteiger partial charge is 0.407 e. The number of ether oxygens (including phenoxy) is 1. The van der Waals surface area contributed by atoms with Gasteiger partial charge < -0.3 is 15.4 Å². The Labute approximate surface area is 123 Å². The van der Waals surface area contributed by atoms with Crippen LogP contribution in [0.1, 0.15) is 59.8 Å². The van der Waals surface area contributed by atoms with E-state index < -0.39 is 5.60 Å². The van der Waals surface area contributed by atoms with Gasteiger partial charge in [-0.05, 0) is 65.2 Å². The second kappa shape index (κ2) is 6.33. The Hall–Kier alpha value is -0.770. The highest BCUT2D eigenvalue weighted by atomic mass is 16.6. The van der Waals surface area contributed by atoms with Gasteiger partial charge in [0.1, 0.15) is 5.60 Å². The summed E-state index contributed by atoms with van der Waals surface area (Å²) < 4.78 is 5.29. The normalized spacial score (nSPS) is 28.2. The van der Waals surface area contributed by atoms with Gasteiger partial charge in [0.25, 0.3) is 0 Å². The van der Waals surface area contributed by atoms with Gasteiger partial charge in [-0.1, -0.05) is 6.42 Å². The average molecular weight is 282 g/mol. The van der Waals surface area contributed by atoms with Crippen LogP contribution in [0, 0.1) is 11.8 Å². The molecule has 0 spiro atoms. The maximum Gasteiger partial charge on any atom is 0.407 e. The van der Waals surface area contributed by atoms with E-state index in [2.05, 4.69) is 17.6 Å². The summed E-state index contributed by atoms with van der Waals surface area (Å²) in [6.07, 6.45) is 6.15. The van der Waals surface area contributed by atoms with Crippen molar-refractivity contribution in [3.8, 4) is 0 Å². The Kier molecular flexibility index (Phi) is 4.95. The molecular formula is C16H30N2O2. The molecule has 0 heterocycles. The molecule has 20 heavy (non-hydrogen) atoms. The van der Waals surface area contributed by atoms with Crippen LogP contribution >= 0.6 is 0 Å². The van der Waals surface area contributed by atoms with Gasteiger partial charge in [-0.25, -0.2) is 4.79 Å². The van der Waals surface area contributed by atoms with Crippen LogP contribution in [0.5, 0.6) is 0 Å². The molecule has 2 aliphatic carbocycles. The van der Waals surface area contributed by atoms with E-state index >= 15 is 0 Å². The molecule has 2 saturated carbocycles. The summed E-state index contributed by atoms with van der Waals surface area (Å²) in [7, 11) is 0. The molecule has 2 rings (SSSR count). The van der Waals surface area contributed by atoms with E-state index in [1.54, 1.807) is 0 Å². The number of alkyl carbamates (subject to hydrolysis) is 1. The largest absolute Gasteiger partial charge is 0.444 e. The fraction of sp³-hybridized carbons (Fsp3) is 0.938. The number of rotatable bonds is 5. The standard InChI is InChI=1S/C16H30N2O2/c1-11(12-8-9-12)18-14-7-5-6-13(14)10-17-15(19)20-16(2,3)4/h11-14,18H,5-10H2,1-4H3,(H,17,19). The molecule has 0 saturated heterocycles. The van der Waals surface area contributed by atoms with Crippen molar-refractivity contribution in [1.82, 2.24) is 10.6 Å². The molecule has 4 nitrogen and oxygen atoms in total. The quantitative estimate of drug-likeness (QED) is 0.815. The maximum atomic E-state index is 11.7. The molecule has 0 bridgehead atoms. The van der Waals surface area contributed by atoms with Crippen molar-refractivity contribution in [2.75, 3.05) is 6.54 Å². The number of hydrogen-bond donors (Lipinski definition) is 2. The summed E-state index contributed by atoms with van der Waals surface area (Å²) in [6.45, 7) is 8.70. The van der Waals surface area contributed by atoms with Crippen molar-refractivity contribution in [2.45, 2.75) is 77.5 Å². The highest BCUT2D eigenvalue weighted by Gasteiger charge is 2.33. The molecule has 1 amide bonds. The molecular weight excluding hydrogens is 252 g/mol. The van der Waals surface area contributed by atoms with Crippen molar-refractivity contribution in [3.05, 3.63) is 0 Å². The van der Waals surface area contributed by atoms with Crippen LogP contribution in [-0.4, -0.2) is 30.3 Å². The van der Waals surface area contributed by atoms with Crippen LogP contribution in [-0.2, 0) is 4.74 Å². The molecule has 0 radical (unpaired) electrons. The van der Waals surface area contributed by atoms with Crippen LogP contribution in [0.2, 0.25) is 0 Å². The lowest BCUT2D eigenvalue weighted by Gasteiger charge is -2.26. The first kappa shape index (κ1) is 15.6. The van der Waals surface area contributed by atoms with Crippen molar-refractivity contribution in [3.63, 3.8) is 0 Å². The first-order chi connectivity index (χ1) is 9.35. The second-order valence-corrected chi connectivity index (χ2v) is 7.47. The molecule has 0 aliphatic heterocycles. The van der Waals surface area contributed by atoms with Crippen LogP contribution in [0.4, 0.5) is 4.79 Å². The molecule has 3 unspecified atom stereocenters. The zero-order valence-electron chi connectivity index (χ0n) is 13.4. The average Bonchev–Trinajstić information content (AvgIpc) is 3.07. The Morgan fingerprint density at radius 1 is 1.25 bits per heavy atom. The lowest BCUT2D eigenvalue weighted by molar-refractivity contribution is 0.0517. The highest BCUT2D eigenvalue weighted by molar-refractivity contribution is 5.67. The third-order valence-electron chi connectivity index (χ3n) is 4.37. The number of carbonyl (C=O) groups is 1. The van der Waals surface area contributed by atoms with Gasteiger partial charge in [-0.3, -0.25) is 0 Å². The predicted molar refractivity (Wildman–Crippen MR) is 80.7 cm³/mol. The number of carbonyl (C=O) groups excluding carboxylic acids is 1. The predicted octanol–water partition coefficient (Wildman–Crippen LogP) is 3.07. The zero-order valence-corrected chi connectivity index (χ0v) is 13.4. The van der Waals surface area contributed by atoms with Gasteiger partial charge in [-0.15, -0.1) is 0 Å². The molecule has 3 atom stereocenters. The summed E-state index contributed by atoms with van der Waals surface area (Å²) in [6, 6.07) is 1.18. The lowest BCUT2D eigenvalue weighted by Crippen LogP contribution is -2.44. The Morgan fingerprint density at radius 3 is 2.55 bits per heavy atom. The van der Waals surface area contributed by atoms with E-state index in [-0.39, 0.29) is 6.09 Å².